The van der Waals surface area contributed by atoms with Gasteiger partial charge in [0.05, 0.1) is 20.2 Å². The van der Waals surface area contributed by atoms with Crippen molar-refractivity contribution in [2.24, 2.45) is 0 Å². The second-order valence-electron chi connectivity index (χ2n) is 18.0. The number of aryl methyl sites for hydroxylation is 5. The van der Waals surface area contributed by atoms with Gasteiger partial charge in [-0.3, -0.25) is 0 Å². The molecule has 0 nitrogen and oxygen atoms in total. The summed E-state index contributed by atoms with van der Waals surface area (Å²) in [6.07, 6.45) is -1.51. The fourth-order valence-corrected chi connectivity index (χ4v) is 10.9. The Kier molecular flexibility index (Phi) is 12.9. The van der Waals surface area contributed by atoms with E-state index in [1.54, 1.807) is 0 Å². The molecule has 0 spiro atoms. The van der Waals surface area contributed by atoms with E-state index < -0.39 is 25.8 Å². The van der Waals surface area contributed by atoms with E-state index in [1.165, 1.54) is 108 Å². The molecule has 0 bridgehead atoms. The number of hydrogen-bond acceptors (Lipinski definition) is 0. The minimum Gasteiger partial charge on any atom is -0.111 e. The average Bonchev–Trinajstić information content (AvgIpc) is 3.20. The Labute approximate surface area is 376 Å². The number of rotatable bonds is 8. The largest absolute Gasteiger partial charge is 0.113 e. The highest BCUT2D eigenvalue weighted by Crippen LogP contribution is 2.52. The monoisotopic (exact) mass is 755 g/mol. The first-order chi connectivity index (χ1) is 27.9. The molecule has 6 aromatic rings. The molecule has 0 atom stereocenters. The maximum Gasteiger partial charge on any atom is 0.113 e. The summed E-state index contributed by atoms with van der Waals surface area (Å²) in [5.74, 6) is 0. The van der Waals surface area contributed by atoms with Gasteiger partial charge in [0.25, 0.3) is 0 Å². The SMILES string of the molecule is [B][B]B([B])B(B([B])[B])c1c(C)c(C)c(C)c2c(-c3c(C)c(C)c(C)c4c(-c5c(C)c(C)c(C)c(C)c5C)c5c(C)c(C)c(C)c(C)c5c(C)c34)c(B([B])[B])c([B][B])c([B])c12. The highest BCUT2D eigenvalue weighted by Gasteiger charge is 2.35. The maximum absolute atomic E-state index is 7.35. The van der Waals surface area contributed by atoms with Crippen LogP contribution in [0, 0.1) is 111 Å². The lowest BCUT2D eigenvalue weighted by atomic mass is 8.68. The molecule has 0 saturated carbocycles. The van der Waals surface area contributed by atoms with Crippen molar-refractivity contribution in [3.05, 3.63) is 89.0 Å². The van der Waals surface area contributed by atoms with Crippen LogP contribution in [0.5, 0.6) is 0 Å². The van der Waals surface area contributed by atoms with Crippen LogP contribution in [0.25, 0.3) is 54.6 Å². The van der Waals surface area contributed by atoms with E-state index in [-0.39, 0.29) is 0 Å². The second-order valence-corrected chi connectivity index (χ2v) is 18.0. The molecule has 0 saturated heterocycles. The minimum absolute atomic E-state index is 0.450. The van der Waals surface area contributed by atoms with Crippen molar-refractivity contribution in [1.82, 2.24) is 0 Å². The Morgan fingerprint density at radius 2 is 0.717 bits per heavy atom. The van der Waals surface area contributed by atoms with E-state index in [1.807, 2.05) is 0 Å². The number of fused-ring (bicyclic) bond motifs is 3. The molecule has 0 unspecified atom stereocenters. The van der Waals surface area contributed by atoms with E-state index in [9.17, 15) is 0 Å². The van der Waals surface area contributed by atoms with Crippen molar-refractivity contribution < 1.29 is 0 Å². The molecule has 60 heavy (non-hydrogen) atoms. The van der Waals surface area contributed by atoms with Gasteiger partial charge in [0.2, 0.25) is 0 Å². The standard InChI is InChI=1S/C46H48B14/c1-17-18(2)24(8)33(25(9)19(17)3)40-35-27(11)21(5)20(4)26(10)34(35)32(16)39-36(40)28(12)22(6)29(13)37(39)41-38-30(14)23(7)31(15)45(58(59(52)53)60(54)56-49)42(38)43(47)44(55-48)46(41)57(50)51/h1-16H3. The Balaban J connectivity index is 2.13. The third kappa shape index (κ3) is 6.51. The van der Waals surface area contributed by atoms with Crippen LogP contribution >= 0.6 is 0 Å². The lowest BCUT2D eigenvalue weighted by Crippen LogP contribution is -2.63. The highest BCUT2D eigenvalue weighted by atomic mass is 14.3. The summed E-state index contributed by atoms with van der Waals surface area (Å²) < 4.78 is 0. The molecule has 18 radical (unpaired) electrons. The molecule has 0 aromatic heterocycles. The number of hydrogen-bond donors (Lipinski definition) is 0. The molecule has 6 aromatic carbocycles. The fourth-order valence-electron chi connectivity index (χ4n) is 10.9. The fraction of sp³-hybridized carbons (Fsp3) is 0.348. The maximum atomic E-state index is 7.35. The van der Waals surface area contributed by atoms with Gasteiger partial charge in [-0.15, -0.1) is 5.46 Å². The summed E-state index contributed by atoms with van der Waals surface area (Å²) in [7, 11) is 57.1. The minimum atomic E-state index is -0.935. The summed E-state index contributed by atoms with van der Waals surface area (Å²) >= 11 is 0. The third-order valence-corrected chi connectivity index (χ3v) is 15.5. The molecular weight excluding hydrogens is 704 g/mol. The van der Waals surface area contributed by atoms with Crippen LogP contribution in [0.4, 0.5) is 0 Å². The first-order valence-corrected chi connectivity index (χ1v) is 21.2. The molecule has 6 rings (SSSR count). The second kappa shape index (κ2) is 16.6. The van der Waals surface area contributed by atoms with Crippen molar-refractivity contribution in [2.45, 2.75) is 111 Å². The van der Waals surface area contributed by atoms with Crippen LogP contribution in [-0.2, 0) is 0 Å². The summed E-state index contributed by atoms with van der Waals surface area (Å²) in [6, 6.07) is 0. The van der Waals surface area contributed by atoms with Crippen LogP contribution < -0.4 is 21.9 Å². The third-order valence-electron chi connectivity index (χ3n) is 15.5. The van der Waals surface area contributed by atoms with Gasteiger partial charge in [-0.2, -0.15) is 0 Å². The summed E-state index contributed by atoms with van der Waals surface area (Å²) in [5.41, 5.74) is 26.7. The zero-order chi connectivity index (χ0) is 45.0. The molecule has 0 fully saturated rings. The van der Waals surface area contributed by atoms with Crippen molar-refractivity contribution >= 4 is 156 Å². The molecule has 274 valence electrons. The predicted octanol–water partition coefficient (Wildman–Crippen LogP) is 4.78. The van der Waals surface area contributed by atoms with Crippen LogP contribution in [0.15, 0.2) is 0 Å². The van der Waals surface area contributed by atoms with Gasteiger partial charge in [-0.1, -0.05) is 22.0 Å². The van der Waals surface area contributed by atoms with Gasteiger partial charge in [0.15, 0.2) is 0 Å². The Morgan fingerprint density at radius 1 is 0.350 bits per heavy atom. The molecule has 0 aliphatic carbocycles. The van der Waals surface area contributed by atoms with E-state index in [2.05, 4.69) is 111 Å². The van der Waals surface area contributed by atoms with Crippen LogP contribution in [-0.4, -0.2) is 102 Å². The van der Waals surface area contributed by atoms with Crippen molar-refractivity contribution in [1.29, 1.82) is 0 Å². The molecule has 0 aliphatic rings. The first-order valence-electron chi connectivity index (χ1n) is 21.2. The van der Waals surface area contributed by atoms with Gasteiger partial charge >= 0.3 is 0 Å². The van der Waals surface area contributed by atoms with Crippen LogP contribution in [0.2, 0.25) is 0 Å². The average molecular weight is 752 g/mol. The Hall–Kier alpha value is -2.99. The highest BCUT2D eigenvalue weighted by molar-refractivity contribution is 7.87. The summed E-state index contributed by atoms with van der Waals surface area (Å²) in [5, 5.41) is 6.67. The van der Waals surface area contributed by atoms with Crippen molar-refractivity contribution in [2.75, 3.05) is 0 Å². The van der Waals surface area contributed by atoms with Crippen LogP contribution in [0.1, 0.15) is 89.0 Å². The topological polar surface area (TPSA) is 0 Å². The van der Waals surface area contributed by atoms with Crippen LogP contribution in [0.3, 0.4) is 0 Å². The summed E-state index contributed by atoms with van der Waals surface area (Å²) in [4.78, 5) is 0. The van der Waals surface area contributed by atoms with E-state index in [4.69, 9.17) is 62.0 Å². The molecule has 0 N–H and O–H groups in total. The first kappa shape index (κ1) is 46.5. The predicted molar refractivity (Wildman–Crippen MR) is 285 cm³/mol. The van der Waals surface area contributed by atoms with E-state index >= 15 is 0 Å². The van der Waals surface area contributed by atoms with Gasteiger partial charge in [-0.05, 0) is 249 Å². The van der Waals surface area contributed by atoms with E-state index in [0.29, 0.717) is 16.4 Å². The van der Waals surface area contributed by atoms with Gasteiger partial charge < -0.3 is 0 Å². The van der Waals surface area contributed by atoms with Gasteiger partial charge in [0, 0.05) is 74.0 Å². The zero-order valence-corrected chi connectivity index (χ0v) is 39.1. The molecule has 0 heterocycles. The molecular formula is C46H48B14. The van der Waals surface area contributed by atoms with Crippen molar-refractivity contribution in [3.8, 4) is 22.3 Å². The molecule has 14 heteroatoms. The quantitative estimate of drug-likeness (QED) is 0.155. The molecule has 0 aliphatic heterocycles. The van der Waals surface area contributed by atoms with Crippen molar-refractivity contribution in [3.63, 3.8) is 0 Å². The number of benzene rings is 6. The molecule has 0 amide bonds. The van der Waals surface area contributed by atoms with Gasteiger partial charge in [-0.25, -0.2) is 0 Å². The zero-order valence-electron chi connectivity index (χ0n) is 39.1. The summed E-state index contributed by atoms with van der Waals surface area (Å²) in [6.45, 7) is 34.4. The lowest BCUT2D eigenvalue weighted by Gasteiger charge is -2.35. The lowest BCUT2D eigenvalue weighted by molar-refractivity contribution is 1.18. The van der Waals surface area contributed by atoms with Gasteiger partial charge in [0.1, 0.15) is 7.85 Å². The van der Waals surface area contributed by atoms with E-state index in [0.717, 1.165) is 55.0 Å². The smallest absolute Gasteiger partial charge is 0.111 e. The normalized spacial score (nSPS) is 11.5. The Morgan fingerprint density at radius 3 is 1.17 bits per heavy atom. The Bertz CT molecular complexity index is 2810.